The molecule has 0 rings (SSSR count). The molecule has 0 aliphatic rings. The fraction of sp³-hybridized carbons (Fsp3) is 1.00. The minimum absolute atomic E-state index is 0.126. The van der Waals surface area contributed by atoms with Crippen LogP contribution < -0.4 is 0 Å². The van der Waals surface area contributed by atoms with Crippen LogP contribution >= 0.6 is 8.46 Å². The molecule has 0 aromatic carbocycles. The first-order chi connectivity index (χ1) is 4.68. The van der Waals surface area contributed by atoms with Gasteiger partial charge in [0.25, 0.3) is 0 Å². The summed E-state index contributed by atoms with van der Waals surface area (Å²) >= 11 is 0. The van der Waals surface area contributed by atoms with Crippen LogP contribution in [0.2, 0.25) is 0 Å². The Labute approximate surface area is 63.8 Å². The summed E-state index contributed by atoms with van der Waals surface area (Å²) in [5, 5.41) is 8.55. The molecule has 0 amide bonds. The molecule has 0 heterocycles. The molecule has 60 valence electrons. The largest absolute Gasteiger partial charge is 0.378 e. The van der Waals surface area contributed by atoms with Crippen LogP contribution in [-0.2, 0) is 4.57 Å². The van der Waals surface area contributed by atoms with E-state index in [1.54, 1.807) is 0 Å². The zero-order valence-electron chi connectivity index (χ0n) is 6.63. The summed E-state index contributed by atoms with van der Waals surface area (Å²) in [4.78, 5) is 0. The smallest absolute Gasteiger partial charge is 0.190 e. The maximum absolute atomic E-state index is 10.5. The molecule has 0 atom stereocenters. The maximum Gasteiger partial charge on any atom is 0.190 e. The topological polar surface area (TPSA) is 37.3 Å². The van der Waals surface area contributed by atoms with E-state index in [9.17, 15) is 9.67 Å². The second-order valence-electron chi connectivity index (χ2n) is 2.57. The van der Waals surface area contributed by atoms with Crippen molar-refractivity contribution in [2.45, 2.75) is 44.9 Å². The second-order valence-corrected chi connectivity index (χ2v) is 3.59. The van der Waals surface area contributed by atoms with Gasteiger partial charge in [-0.3, -0.25) is 4.57 Å². The Balaban J connectivity index is 3.81. The van der Waals surface area contributed by atoms with Crippen LogP contribution in [-0.4, -0.2) is 10.4 Å². The van der Waals surface area contributed by atoms with E-state index < -0.39 is 5.34 Å². The quantitative estimate of drug-likeness (QED) is 0.631. The minimum atomic E-state index is -0.941. The van der Waals surface area contributed by atoms with Gasteiger partial charge in [0.1, 0.15) is 5.34 Å². The average Bonchev–Trinajstić information content (AvgIpc) is 1.89. The van der Waals surface area contributed by atoms with E-state index in [0.717, 1.165) is 12.8 Å². The van der Waals surface area contributed by atoms with Crippen molar-refractivity contribution in [1.82, 2.24) is 0 Å². The molecule has 0 spiro atoms. The Morgan fingerprint density at radius 2 is 1.70 bits per heavy atom. The molecule has 0 saturated carbocycles. The van der Waals surface area contributed by atoms with Gasteiger partial charge in [0, 0.05) is 0 Å². The molecular formula is C7H15O2P. The SMILES string of the molecule is CCCC(O)(CCC)P=O. The number of rotatable bonds is 5. The van der Waals surface area contributed by atoms with Gasteiger partial charge < -0.3 is 5.11 Å². The van der Waals surface area contributed by atoms with Gasteiger partial charge in [0.2, 0.25) is 0 Å². The summed E-state index contributed by atoms with van der Waals surface area (Å²) in [5.41, 5.74) is 0. The highest BCUT2D eigenvalue weighted by molar-refractivity contribution is 7.25. The standard InChI is InChI=1S/C7H15O2P/c1-3-5-7(8,10-9)6-4-2/h8H,3-6H2,1-2H3. The lowest BCUT2D eigenvalue weighted by atomic mass is 10.1. The third-order valence-electron chi connectivity index (χ3n) is 1.47. The Hall–Kier alpha value is 0.0600. The molecule has 0 saturated heterocycles. The third-order valence-corrected chi connectivity index (χ3v) is 2.26. The first-order valence-corrected chi connectivity index (χ1v) is 4.56. The van der Waals surface area contributed by atoms with Crippen molar-refractivity contribution in [1.29, 1.82) is 0 Å². The Kier molecular flexibility index (Phi) is 4.84. The molecule has 3 heteroatoms. The molecule has 0 aliphatic heterocycles. The normalized spacial score (nSPS) is 12.3. The van der Waals surface area contributed by atoms with Crippen LogP contribution in [0.1, 0.15) is 39.5 Å². The van der Waals surface area contributed by atoms with Crippen LogP contribution in [0.25, 0.3) is 0 Å². The van der Waals surface area contributed by atoms with Crippen LogP contribution in [0, 0.1) is 0 Å². The summed E-state index contributed by atoms with van der Waals surface area (Å²) in [6.45, 7) is 3.96. The van der Waals surface area contributed by atoms with E-state index in [-0.39, 0.29) is 8.46 Å². The second kappa shape index (κ2) is 4.81. The first-order valence-electron chi connectivity index (χ1n) is 3.75. The van der Waals surface area contributed by atoms with Crippen molar-refractivity contribution in [2.75, 3.05) is 0 Å². The summed E-state index contributed by atoms with van der Waals surface area (Å²) in [6.07, 6.45) is 3.02. The summed E-state index contributed by atoms with van der Waals surface area (Å²) in [7, 11) is -0.126. The van der Waals surface area contributed by atoms with Gasteiger partial charge in [0.15, 0.2) is 8.46 Å². The first kappa shape index (κ1) is 10.1. The highest BCUT2D eigenvalue weighted by Crippen LogP contribution is 2.29. The summed E-state index contributed by atoms with van der Waals surface area (Å²) in [5.74, 6) is 0. The van der Waals surface area contributed by atoms with Crippen molar-refractivity contribution in [3.63, 3.8) is 0 Å². The molecule has 2 nitrogen and oxygen atoms in total. The number of hydrogen-bond acceptors (Lipinski definition) is 2. The Morgan fingerprint density at radius 3 is 1.90 bits per heavy atom. The van der Waals surface area contributed by atoms with Crippen molar-refractivity contribution in [3.8, 4) is 0 Å². The van der Waals surface area contributed by atoms with Gasteiger partial charge in [-0.2, -0.15) is 0 Å². The van der Waals surface area contributed by atoms with Crippen molar-refractivity contribution in [2.24, 2.45) is 0 Å². The molecular weight excluding hydrogens is 147 g/mol. The Bertz CT molecular complexity index is 97.8. The predicted molar refractivity (Wildman–Crippen MR) is 42.4 cm³/mol. The summed E-state index contributed by atoms with van der Waals surface area (Å²) < 4.78 is 10.5. The molecule has 0 fully saturated rings. The van der Waals surface area contributed by atoms with E-state index in [2.05, 4.69) is 0 Å². The zero-order chi connectivity index (χ0) is 8.04. The van der Waals surface area contributed by atoms with Gasteiger partial charge in [-0.25, -0.2) is 0 Å². The number of aliphatic hydroxyl groups is 1. The van der Waals surface area contributed by atoms with Crippen LogP contribution in [0.4, 0.5) is 0 Å². The molecule has 0 unspecified atom stereocenters. The fourth-order valence-corrected chi connectivity index (χ4v) is 1.65. The summed E-state index contributed by atoms with van der Waals surface area (Å²) in [6, 6.07) is 0. The Morgan fingerprint density at radius 1 is 1.30 bits per heavy atom. The van der Waals surface area contributed by atoms with E-state index in [0.29, 0.717) is 12.8 Å². The van der Waals surface area contributed by atoms with E-state index in [4.69, 9.17) is 0 Å². The minimum Gasteiger partial charge on any atom is -0.378 e. The van der Waals surface area contributed by atoms with Gasteiger partial charge in [-0.15, -0.1) is 0 Å². The molecule has 0 aromatic rings. The number of hydrogen-bond donors (Lipinski definition) is 1. The highest BCUT2D eigenvalue weighted by Gasteiger charge is 2.24. The van der Waals surface area contributed by atoms with Gasteiger partial charge in [0.05, 0.1) is 0 Å². The van der Waals surface area contributed by atoms with Crippen LogP contribution in [0.5, 0.6) is 0 Å². The van der Waals surface area contributed by atoms with Crippen molar-refractivity contribution in [3.05, 3.63) is 0 Å². The fourth-order valence-electron chi connectivity index (χ4n) is 1.02. The van der Waals surface area contributed by atoms with Crippen LogP contribution in [0.3, 0.4) is 0 Å². The monoisotopic (exact) mass is 162 g/mol. The maximum atomic E-state index is 10.5. The van der Waals surface area contributed by atoms with Gasteiger partial charge in [-0.05, 0) is 12.8 Å². The van der Waals surface area contributed by atoms with Crippen molar-refractivity contribution >= 4 is 8.46 Å². The lowest BCUT2D eigenvalue weighted by Crippen LogP contribution is -2.19. The van der Waals surface area contributed by atoms with E-state index >= 15 is 0 Å². The molecule has 0 bridgehead atoms. The van der Waals surface area contributed by atoms with Gasteiger partial charge >= 0.3 is 0 Å². The predicted octanol–water partition coefficient (Wildman–Crippen LogP) is 2.57. The van der Waals surface area contributed by atoms with Crippen molar-refractivity contribution < 1.29 is 9.67 Å². The lowest BCUT2D eigenvalue weighted by molar-refractivity contribution is 0.109. The molecule has 1 N–H and O–H groups in total. The molecule has 0 aromatic heterocycles. The average molecular weight is 162 g/mol. The van der Waals surface area contributed by atoms with E-state index in [1.807, 2.05) is 13.8 Å². The molecule has 10 heavy (non-hydrogen) atoms. The van der Waals surface area contributed by atoms with Gasteiger partial charge in [-0.1, -0.05) is 26.7 Å². The molecule has 0 radical (unpaired) electrons. The highest BCUT2D eigenvalue weighted by atomic mass is 31.1. The molecule has 0 aliphatic carbocycles. The third kappa shape index (κ3) is 3.28. The zero-order valence-corrected chi connectivity index (χ0v) is 7.53. The van der Waals surface area contributed by atoms with Crippen LogP contribution in [0.15, 0.2) is 0 Å². The van der Waals surface area contributed by atoms with E-state index in [1.165, 1.54) is 0 Å². The lowest BCUT2D eigenvalue weighted by Gasteiger charge is -2.17.